The van der Waals surface area contributed by atoms with E-state index in [1.807, 2.05) is 6.92 Å². The van der Waals surface area contributed by atoms with E-state index in [4.69, 9.17) is 0 Å². The molecule has 0 amide bonds. The predicted octanol–water partition coefficient (Wildman–Crippen LogP) is 7.20. The molecule has 178 valence electrons. The van der Waals surface area contributed by atoms with Crippen LogP contribution in [0.25, 0.3) is 0 Å². The monoisotopic (exact) mass is 448 g/mol. The lowest BCUT2D eigenvalue weighted by Gasteiger charge is -2.70. The fraction of sp³-hybridized carbons (Fsp3) is 0.667. The lowest BCUT2D eigenvalue weighted by Crippen LogP contribution is -2.62. The van der Waals surface area contributed by atoms with Crippen molar-refractivity contribution in [1.82, 2.24) is 0 Å². The molecule has 3 fully saturated rings. The lowest BCUT2D eigenvalue weighted by molar-refractivity contribution is -0.167. The molecule has 0 bridgehead atoms. The van der Waals surface area contributed by atoms with Gasteiger partial charge in [-0.2, -0.15) is 0 Å². The second-order valence-corrected chi connectivity index (χ2v) is 13.2. The highest BCUT2D eigenvalue weighted by Gasteiger charge is 2.67. The van der Waals surface area contributed by atoms with Gasteiger partial charge in [0.05, 0.1) is 0 Å². The van der Waals surface area contributed by atoms with E-state index < -0.39 is 0 Å². The van der Waals surface area contributed by atoms with Crippen molar-refractivity contribution in [1.29, 1.82) is 0 Å². The first-order chi connectivity index (χ1) is 15.2. The van der Waals surface area contributed by atoms with E-state index in [-0.39, 0.29) is 33.2 Å². The second kappa shape index (κ2) is 6.61. The van der Waals surface area contributed by atoms with Crippen molar-refractivity contribution < 1.29 is 14.7 Å². The van der Waals surface area contributed by atoms with E-state index in [0.717, 1.165) is 49.7 Å². The van der Waals surface area contributed by atoms with Crippen LogP contribution >= 0.6 is 0 Å². The highest BCUT2D eigenvalue weighted by molar-refractivity contribution is 6.06. The van der Waals surface area contributed by atoms with Gasteiger partial charge in [0, 0.05) is 16.4 Å². The molecule has 0 saturated heterocycles. The van der Waals surface area contributed by atoms with Gasteiger partial charge in [-0.05, 0) is 98.2 Å². The fourth-order valence-electron chi connectivity index (χ4n) is 8.78. The Labute approximate surface area is 199 Å². The molecule has 0 aliphatic heterocycles. The summed E-state index contributed by atoms with van der Waals surface area (Å²) in [7, 11) is 0. The van der Waals surface area contributed by atoms with Crippen LogP contribution in [0, 0.1) is 33.0 Å². The maximum Gasteiger partial charge on any atom is 0.220 e. The summed E-state index contributed by atoms with van der Waals surface area (Å²) in [5, 5.41) is 10.3. The minimum absolute atomic E-state index is 0.0161. The Bertz CT molecular complexity index is 1100. The molecule has 0 heterocycles. The molecule has 6 atom stereocenters. The molecule has 33 heavy (non-hydrogen) atoms. The molecule has 1 N–H and O–H groups in total. The molecule has 0 radical (unpaired) electrons. The number of aliphatic hydroxyl groups is 1. The van der Waals surface area contributed by atoms with Gasteiger partial charge in [0.2, 0.25) is 5.78 Å². The van der Waals surface area contributed by atoms with Gasteiger partial charge in [0.1, 0.15) is 5.78 Å². The zero-order valence-corrected chi connectivity index (χ0v) is 21.5. The van der Waals surface area contributed by atoms with Crippen LogP contribution in [-0.2, 0) is 9.59 Å². The Morgan fingerprint density at radius 1 is 0.970 bits per heavy atom. The third-order valence-electron chi connectivity index (χ3n) is 11.7. The molecule has 3 heteroatoms. The van der Waals surface area contributed by atoms with Gasteiger partial charge in [-0.15, -0.1) is 0 Å². The summed E-state index contributed by atoms with van der Waals surface area (Å²) in [5.74, 6) is 0.478. The molecular weight excluding hydrogens is 408 g/mol. The molecule has 0 aromatic rings. The Morgan fingerprint density at radius 3 is 2.30 bits per heavy atom. The molecule has 0 aromatic heterocycles. The van der Waals surface area contributed by atoms with Crippen LogP contribution in [0.15, 0.2) is 46.3 Å². The lowest BCUT2D eigenvalue weighted by atomic mass is 9.34. The normalized spacial score (nSPS) is 46.8. The number of aliphatic hydroxyl groups excluding tert-OH is 1. The van der Waals surface area contributed by atoms with Crippen molar-refractivity contribution in [2.24, 2.45) is 33.0 Å². The standard InChI is InChI=1S/C30H40O3/c1-18-20-8-9-23-28(5,21(20)16-22(32)25(18)33)13-15-30(7)24-17-27(4,19(2)31)11-10-26(24,3)12-14-29(23,30)6/h8-9,16,24,33H,10-15,17H2,1-7H3/t24?,26?,27-,28+,29-,30+/m1/s1. The summed E-state index contributed by atoms with van der Waals surface area (Å²) in [5.41, 5.74) is 4.29. The summed E-state index contributed by atoms with van der Waals surface area (Å²) >= 11 is 0. The average molecular weight is 449 g/mol. The van der Waals surface area contributed by atoms with Gasteiger partial charge >= 0.3 is 0 Å². The Hall–Kier alpha value is -1.90. The zero-order valence-electron chi connectivity index (χ0n) is 21.5. The average Bonchev–Trinajstić information content (AvgIpc) is 2.75. The van der Waals surface area contributed by atoms with Crippen LogP contribution in [-0.4, -0.2) is 16.7 Å². The van der Waals surface area contributed by atoms with Crippen molar-refractivity contribution in [3.63, 3.8) is 0 Å². The van der Waals surface area contributed by atoms with Crippen LogP contribution in [0.1, 0.15) is 93.4 Å². The Kier molecular flexibility index (Phi) is 4.58. The first-order valence-electron chi connectivity index (χ1n) is 12.8. The minimum atomic E-state index is -0.263. The molecule has 5 rings (SSSR count). The highest BCUT2D eigenvalue weighted by Crippen LogP contribution is 2.75. The predicted molar refractivity (Wildman–Crippen MR) is 132 cm³/mol. The number of rotatable bonds is 1. The maximum absolute atomic E-state index is 12.7. The largest absolute Gasteiger partial charge is 0.504 e. The van der Waals surface area contributed by atoms with Crippen molar-refractivity contribution in [2.75, 3.05) is 0 Å². The van der Waals surface area contributed by atoms with Crippen LogP contribution in [0.3, 0.4) is 0 Å². The quantitative estimate of drug-likeness (QED) is 0.461. The van der Waals surface area contributed by atoms with E-state index in [0.29, 0.717) is 22.7 Å². The molecule has 0 spiro atoms. The van der Waals surface area contributed by atoms with Crippen molar-refractivity contribution >= 4 is 11.6 Å². The van der Waals surface area contributed by atoms with Crippen LogP contribution in [0.4, 0.5) is 0 Å². The fourth-order valence-corrected chi connectivity index (χ4v) is 8.78. The second-order valence-electron chi connectivity index (χ2n) is 13.2. The van der Waals surface area contributed by atoms with Crippen molar-refractivity contribution in [2.45, 2.75) is 93.4 Å². The van der Waals surface area contributed by atoms with Gasteiger partial charge in [-0.25, -0.2) is 0 Å². The first kappa shape index (κ1) is 22.9. The molecule has 5 aliphatic rings. The maximum atomic E-state index is 12.7. The Balaban J connectivity index is 1.64. The van der Waals surface area contributed by atoms with E-state index in [1.54, 1.807) is 13.0 Å². The zero-order chi connectivity index (χ0) is 24.2. The Morgan fingerprint density at radius 2 is 1.64 bits per heavy atom. The van der Waals surface area contributed by atoms with E-state index in [2.05, 4.69) is 46.8 Å². The molecule has 3 saturated carbocycles. The van der Waals surface area contributed by atoms with E-state index >= 15 is 0 Å². The van der Waals surface area contributed by atoms with Crippen molar-refractivity contribution in [3.05, 3.63) is 46.3 Å². The van der Waals surface area contributed by atoms with Gasteiger partial charge in [0.25, 0.3) is 0 Å². The summed E-state index contributed by atoms with van der Waals surface area (Å²) in [6.45, 7) is 15.6. The third-order valence-corrected chi connectivity index (χ3v) is 11.7. The molecule has 0 aromatic carbocycles. The topological polar surface area (TPSA) is 54.4 Å². The van der Waals surface area contributed by atoms with Gasteiger partial charge in [-0.1, -0.05) is 52.3 Å². The summed E-state index contributed by atoms with van der Waals surface area (Å²) in [4.78, 5) is 25.3. The molecule has 2 unspecified atom stereocenters. The minimum Gasteiger partial charge on any atom is -0.504 e. The van der Waals surface area contributed by atoms with Crippen LogP contribution < -0.4 is 0 Å². The molecular formula is C30H40O3. The number of allylic oxidation sites excluding steroid dienone is 7. The summed E-state index contributed by atoms with van der Waals surface area (Å²) in [6, 6.07) is 0. The first-order valence-corrected chi connectivity index (χ1v) is 12.8. The SMILES string of the molecule is CC(=O)[C@]1(C)CCC2(C)CC[C@]3(C)C4=CC=C5C(=CC(=O)C(O)=C5C)[C@]4(C)CC[C@@]3(C)C2C1. The van der Waals surface area contributed by atoms with Crippen LogP contribution in [0.5, 0.6) is 0 Å². The van der Waals surface area contributed by atoms with Gasteiger partial charge in [0.15, 0.2) is 5.76 Å². The van der Waals surface area contributed by atoms with Gasteiger partial charge < -0.3 is 5.11 Å². The molecule has 3 nitrogen and oxygen atoms in total. The van der Waals surface area contributed by atoms with Gasteiger partial charge in [-0.3, -0.25) is 9.59 Å². The number of fused-ring (bicyclic) bond motifs is 7. The summed E-state index contributed by atoms with van der Waals surface area (Å²) < 4.78 is 0. The third kappa shape index (κ3) is 2.68. The van der Waals surface area contributed by atoms with Crippen LogP contribution in [0.2, 0.25) is 0 Å². The summed E-state index contributed by atoms with van der Waals surface area (Å²) in [6.07, 6.45) is 13.8. The van der Waals surface area contributed by atoms with E-state index in [9.17, 15) is 14.7 Å². The van der Waals surface area contributed by atoms with E-state index in [1.165, 1.54) is 12.0 Å². The number of Topliss-reactive ketones (excluding diaryl/α,β-unsaturated/α-hetero) is 1. The number of carbonyl (C=O) groups is 2. The number of ketones is 2. The number of hydrogen-bond acceptors (Lipinski definition) is 3. The number of hydrogen-bond donors (Lipinski definition) is 1. The molecule has 5 aliphatic carbocycles. The smallest absolute Gasteiger partial charge is 0.220 e. The number of carbonyl (C=O) groups excluding carboxylic acids is 2. The van der Waals surface area contributed by atoms with Crippen molar-refractivity contribution in [3.8, 4) is 0 Å². The highest BCUT2D eigenvalue weighted by atomic mass is 16.3.